The minimum Gasteiger partial charge on any atom is -0.333 e. The van der Waals surface area contributed by atoms with Crippen LogP contribution in [0.25, 0.3) is 0 Å². The molecular weight excluding hydrogens is 204 g/mol. The number of Topliss-reactive ketones (excluding diaryl/α,β-unsaturated/α-hetero) is 1. The third-order valence-corrected chi connectivity index (χ3v) is 2.49. The summed E-state index contributed by atoms with van der Waals surface area (Å²) < 4.78 is 0. The van der Waals surface area contributed by atoms with Gasteiger partial charge in [-0.05, 0) is 19.4 Å². The van der Waals surface area contributed by atoms with Crippen molar-refractivity contribution < 1.29 is 4.79 Å². The molecule has 5 nitrogen and oxygen atoms in total. The highest BCUT2D eigenvalue weighted by molar-refractivity contribution is 5.84. The average Bonchev–Trinajstić information content (AvgIpc) is 2.28. The van der Waals surface area contributed by atoms with Gasteiger partial charge in [0.25, 0.3) is 0 Å². The standard InChI is InChI=1S/C11H12N4O/c1-8-5-9(6-12)14-11(13-8)15-4-2-3-10(16)7-15/h5H,2-4,7H2,1H3. The molecule has 0 spiro atoms. The summed E-state index contributed by atoms with van der Waals surface area (Å²) in [6, 6.07) is 3.63. The number of carbonyl (C=O) groups is 1. The van der Waals surface area contributed by atoms with Crippen LogP contribution in [-0.4, -0.2) is 28.8 Å². The Morgan fingerprint density at radius 1 is 1.50 bits per heavy atom. The molecule has 0 atom stereocenters. The second kappa shape index (κ2) is 4.27. The maximum atomic E-state index is 11.3. The Bertz CT molecular complexity index is 464. The maximum absolute atomic E-state index is 11.3. The van der Waals surface area contributed by atoms with E-state index in [9.17, 15) is 4.79 Å². The molecule has 1 aliphatic rings. The smallest absolute Gasteiger partial charge is 0.227 e. The van der Waals surface area contributed by atoms with Gasteiger partial charge >= 0.3 is 0 Å². The van der Waals surface area contributed by atoms with E-state index in [1.807, 2.05) is 17.9 Å². The van der Waals surface area contributed by atoms with Gasteiger partial charge in [-0.2, -0.15) is 5.26 Å². The minimum absolute atomic E-state index is 0.204. The first-order valence-electron chi connectivity index (χ1n) is 5.21. The quantitative estimate of drug-likeness (QED) is 0.695. The Balaban J connectivity index is 2.29. The zero-order valence-electron chi connectivity index (χ0n) is 9.10. The van der Waals surface area contributed by atoms with Gasteiger partial charge in [-0.3, -0.25) is 4.79 Å². The number of aromatic nitrogens is 2. The highest BCUT2D eigenvalue weighted by Gasteiger charge is 2.19. The van der Waals surface area contributed by atoms with Crippen molar-refractivity contribution in [3.63, 3.8) is 0 Å². The summed E-state index contributed by atoms with van der Waals surface area (Å²) in [5.74, 6) is 0.694. The Labute approximate surface area is 93.7 Å². The molecule has 5 heteroatoms. The lowest BCUT2D eigenvalue weighted by molar-refractivity contribution is -0.118. The van der Waals surface area contributed by atoms with Crippen LogP contribution >= 0.6 is 0 Å². The van der Waals surface area contributed by atoms with Crippen LogP contribution in [0.15, 0.2) is 6.07 Å². The number of aryl methyl sites for hydroxylation is 1. The van der Waals surface area contributed by atoms with E-state index in [2.05, 4.69) is 9.97 Å². The number of rotatable bonds is 1. The number of anilines is 1. The van der Waals surface area contributed by atoms with Crippen molar-refractivity contribution in [3.8, 4) is 6.07 Å². The normalized spacial score (nSPS) is 16.0. The third-order valence-electron chi connectivity index (χ3n) is 2.49. The van der Waals surface area contributed by atoms with Gasteiger partial charge in [0.2, 0.25) is 5.95 Å². The molecule has 2 heterocycles. The first kappa shape index (κ1) is 10.6. The van der Waals surface area contributed by atoms with E-state index in [0.29, 0.717) is 24.6 Å². The lowest BCUT2D eigenvalue weighted by atomic mass is 10.1. The van der Waals surface area contributed by atoms with E-state index < -0.39 is 0 Å². The number of nitriles is 1. The summed E-state index contributed by atoms with van der Waals surface area (Å²) in [5, 5.41) is 8.81. The third kappa shape index (κ3) is 2.16. The summed E-state index contributed by atoms with van der Waals surface area (Å²) in [4.78, 5) is 21.5. The molecule has 0 amide bonds. The molecule has 0 aliphatic carbocycles. The largest absolute Gasteiger partial charge is 0.333 e. The molecule has 1 fully saturated rings. The first-order valence-corrected chi connectivity index (χ1v) is 5.21. The van der Waals surface area contributed by atoms with Crippen molar-refractivity contribution in [2.75, 3.05) is 18.0 Å². The molecular formula is C11H12N4O. The van der Waals surface area contributed by atoms with Crippen LogP contribution in [0.1, 0.15) is 24.2 Å². The fourth-order valence-electron chi connectivity index (χ4n) is 1.76. The van der Waals surface area contributed by atoms with Crippen LogP contribution in [0.2, 0.25) is 0 Å². The van der Waals surface area contributed by atoms with Gasteiger partial charge in [0, 0.05) is 18.7 Å². The fourth-order valence-corrected chi connectivity index (χ4v) is 1.76. The van der Waals surface area contributed by atoms with Crippen LogP contribution in [0.3, 0.4) is 0 Å². The number of hydrogen-bond donors (Lipinski definition) is 0. The summed E-state index contributed by atoms with van der Waals surface area (Å²) in [7, 11) is 0. The SMILES string of the molecule is Cc1cc(C#N)nc(N2CCCC(=O)C2)n1. The monoisotopic (exact) mass is 216 g/mol. The minimum atomic E-state index is 0.204. The molecule has 82 valence electrons. The van der Waals surface area contributed by atoms with Gasteiger partial charge in [0.05, 0.1) is 6.54 Å². The van der Waals surface area contributed by atoms with Crippen LogP contribution in [0.4, 0.5) is 5.95 Å². The number of nitrogens with zero attached hydrogens (tertiary/aromatic N) is 4. The van der Waals surface area contributed by atoms with Gasteiger partial charge in [0.15, 0.2) is 5.78 Å². The second-order valence-corrected chi connectivity index (χ2v) is 3.87. The number of piperidine rings is 1. The van der Waals surface area contributed by atoms with Crippen molar-refractivity contribution in [1.29, 1.82) is 5.26 Å². The van der Waals surface area contributed by atoms with Crippen LogP contribution in [0.5, 0.6) is 0 Å². The molecule has 0 radical (unpaired) electrons. The number of carbonyl (C=O) groups excluding carboxylic acids is 1. The lowest BCUT2D eigenvalue weighted by Gasteiger charge is -2.25. The van der Waals surface area contributed by atoms with Gasteiger partial charge in [0.1, 0.15) is 11.8 Å². The predicted octanol–water partition coefficient (Wildman–Crippen LogP) is 0.826. The Hall–Kier alpha value is -1.96. The zero-order chi connectivity index (χ0) is 11.5. The molecule has 0 aromatic carbocycles. The van der Waals surface area contributed by atoms with Crippen molar-refractivity contribution in [1.82, 2.24) is 9.97 Å². The summed E-state index contributed by atoms with van der Waals surface area (Å²) in [5.41, 5.74) is 1.10. The second-order valence-electron chi connectivity index (χ2n) is 3.87. The summed E-state index contributed by atoms with van der Waals surface area (Å²) in [6.45, 7) is 2.95. The van der Waals surface area contributed by atoms with E-state index in [1.165, 1.54) is 0 Å². The molecule has 16 heavy (non-hydrogen) atoms. The van der Waals surface area contributed by atoms with E-state index in [4.69, 9.17) is 5.26 Å². The average molecular weight is 216 g/mol. The van der Waals surface area contributed by atoms with Crippen molar-refractivity contribution >= 4 is 11.7 Å². The zero-order valence-corrected chi connectivity index (χ0v) is 9.10. The molecule has 0 unspecified atom stereocenters. The van der Waals surface area contributed by atoms with Crippen LogP contribution in [-0.2, 0) is 4.79 Å². The molecule has 0 bridgehead atoms. The Morgan fingerprint density at radius 3 is 3.00 bits per heavy atom. The highest BCUT2D eigenvalue weighted by atomic mass is 16.1. The molecule has 0 saturated carbocycles. The van der Waals surface area contributed by atoms with Crippen LogP contribution < -0.4 is 4.90 Å². The van der Waals surface area contributed by atoms with Gasteiger partial charge < -0.3 is 4.90 Å². The Kier molecular flexibility index (Phi) is 2.82. The topological polar surface area (TPSA) is 69.9 Å². The number of hydrogen-bond acceptors (Lipinski definition) is 5. The Morgan fingerprint density at radius 2 is 2.31 bits per heavy atom. The molecule has 1 aromatic rings. The van der Waals surface area contributed by atoms with Gasteiger partial charge in [-0.15, -0.1) is 0 Å². The van der Waals surface area contributed by atoms with E-state index in [-0.39, 0.29) is 5.78 Å². The summed E-state index contributed by atoms with van der Waals surface area (Å²) in [6.07, 6.45) is 1.46. The van der Waals surface area contributed by atoms with E-state index >= 15 is 0 Å². The molecule has 1 aromatic heterocycles. The van der Waals surface area contributed by atoms with Crippen molar-refractivity contribution in [2.24, 2.45) is 0 Å². The van der Waals surface area contributed by atoms with Crippen molar-refractivity contribution in [3.05, 3.63) is 17.5 Å². The molecule has 2 rings (SSSR count). The van der Waals surface area contributed by atoms with Crippen molar-refractivity contribution in [2.45, 2.75) is 19.8 Å². The molecule has 1 saturated heterocycles. The number of ketones is 1. The lowest BCUT2D eigenvalue weighted by Crippen LogP contribution is -2.36. The first-order chi connectivity index (χ1) is 7.69. The van der Waals surface area contributed by atoms with Gasteiger partial charge in [-0.25, -0.2) is 9.97 Å². The maximum Gasteiger partial charge on any atom is 0.227 e. The highest BCUT2D eigenvalue weighted by Crippen LogP contribution is 2.14. The predicted molar refractivity (Wildman–Crippen MR) is 57.9 cm³/mol. The molecule has 1 aliphatic heterocycles. The van der Waals surface area contributed by atoms with E-state index in [1.54, 1.807) is 6.07 Å². The fraction of sp³-hybridized carbons (Fsp3) is 0.455. The van der Waals surface area contributed by atoms with Crippen LogP contribution in [0, 0.1) is 18.3 Å². The summed E-state index contributed by atoms with van der Waals surface area (Å²) >= 11 is 0. The van der Waals surface area contributed by atoms with E-state index in [0.717, 1.165) is 18.7 Å². The molecule has 0 N–H and O–H groups in total. The van der Waals surface area contributed by atoms with Gasteiger partial charge in [-0.1, -0.05) is 0 Å².